The monoisotopic (exact) mass is 399 g/mol. The summed E-state index contributed by atoms with van der Waals surface area (Å²) in [6.45, 7) is 4.00. The quantitative estimate of drug-likeness (QED) is 0.678. The van der Waals surface area contributed by atoms with Gasteiger partial charge in [-0.25, -0.2) is 0 Å². The Balaban J connectivity index is 1.81. The van der Waals surface area contributed by atoms with Crippen molar-refractivity contribution < 1.29 is 9.32 Å². The van der Waals surface area contributed by atoms with Crippen LogP contribution >= 0.6 is 15.9 Å². The number of carbonyl (C=O) groups excluding carboxylic acids is 1. The van der Waals surface area contributed by atoms with E-state index in [0.717, 1.165) is 10.0 Å². The van der Waals surface area contributed by atoms with Gasteiger partial charge in [0.05, 0.1) is 0 Å². The molecule has 0 fully saturated rings. The first-order valence-corrected chi connectivity index (χ1v) is 8.79. The predicted octanol–water partition coefficient (Wildman–Crippen LogP) is 4.63. The minimum absolute atomic E-state index is 0.100. The number of nitrogens with zero attached hydrogens (tertiary/aromatic N) is 2. The third-order valence-electron chi connectivity index (χ3n) is 3.80. The molecular formula is C19H18BrN3O2. The zero-order valence-electron chi connectivity index (χ0n) is 13.9. The van der Waals surface area contributed by atoms with E-state index in [1.54, 1.807) is 12.1 Å². The number of benzene rings is 2. The average molecular weight is 400 g/mol. The molecule has 0 aliphatic heterocycles. The van der Waals surface area contributed by atoms with E-state index in [1.165, 1.54) is 0 Å². The van der Waals surface area contributed by atoms with Crippen LogP contribution in [0.4, 0.5) is 0 Å². The van der Waals surface area contributed by atoms with Crippen LogP contribution < -0.4 is 5.32 Å². The van der Waals surface area contributed by atoms with E-state index in [0.29, 0.717) is 17.3 Å². The number of rotatable bonds is 5. The molecule has 128 valence electrons. The van der Waals surface area contributed by atoms with Crippen LogP contribution in [-0.4, -0.2) is 16.0 Å². The van der Waals surface area contributed by atoms with Gasteiger partial charge in [-0.15, -0.1) is 0 Å². The molecule has 3 rings (SSSR count). The summed E-state index contributed by atoms with van der Waals surface area (Å²) < 4.78 is 6.34. The van der Waals surface area contributed by atoms with Crippen LogP contribution in [0.3, 0.4) is 0 Å². The number of carbonyl (C=O) groups is 1. The van der Waals surface area contributed by atoms with Crippen LogP contribution in [0.25, 0.3) is 11.4 Å². The van der Waals surface area contributed by atoms with Crippen molar-refractivity contribution in [1.29, 1.82) is 0 Å². The molecule has 0 bridgehead atoms. The van der Waals surface area contributed by atoms with Crippen LogP contribution in [0.1, 0.15) is 36.1 Å². The van der Waals surface area contributed by atoms with Crippen molar-refractivity contribution in [3.8, 4) is 11.4 Å². The van der Waals surface area contributed by atoms with Gasteiger partial charge in [-0.2, -0.15) is 4.98 Å². The number of halogens is 1. The minimum Gasteiger partial charge on any atom is -0.340 e. The Bertz CT molecular complexity index is 845. The van der Waals surface area contributed by atoms with Crippen LogP contribution in [0.15, 0.2) is 63.6 Å². The summed E-state index contributed by atoms with van der Waals surface area (Å²) in [4.78, 5) is 17.0. The van der Waals surface area contributed by atoms with Crippen molar-refractivity contribution in [3.63, 3.8) is 0 Å². The molecule has 25 heavy (non-hydrogen) atoms. The summed E-state index contributed by atoms with van der Waals surface area (Å²) in [5.74, 6) is 0.840. The summed E-state index contributed by atoms with van der Waals surface area (Å²) in [5, 5.41) is 7.02. The molecule has 0 saturated heterocycles. The van der Waals surface area contributed by atoms with Crippen molar-refractivity contribution in [2.45, 2.75) is 19.9 Å². The first-order valence-electron chi connectivity index (χ1n) is 8.00. The Morgan fingerprint density at radius 1 is 1.08 bits per heavy atom. The zero-order valence-corrected chi connectivity index (χ0v) is 15.5. The van der Waals surface area contributed by atoms with Crippen molar-refractivity contribution >= 4 is 21.8 Å². The van der Waals surface area contributed by atoms with Gasteiger partial charge in [0.15, 0.2) is 0 Å². The van der Waals surface area contributed by atoms with Gasteiger partial charge in [-0.05, 0) is 30.2 Å². The average Bonchev–Trinajstić information content (AvgIpc) is 3.10. The van der Waals surface area contributed by atoms with Gasteiger partial charge in [-0.3, -0.25) is 4.79 Å². The number of amides is 1. The third kappa shape index (κ3) is 4.14. The Hall–Kier alpha value is -2.47. The largest absolute Gasteiger partial charge is 0.340 e. The standard InChI is InChI=1S/C19H18BrN3O2/c1-12(2)16(21-18(24)14-8-10-15(20)11-9-14)19-22-17(23-25-19)13-6-4-3-5-7-13/h3-12,16H,1-2H3,(H,21,24)/t16-/m1/s1. The topological polar surface area (TPSA) is 68.0 Å². The number of aromatic nitrogens is 2. The molecule has 0 radical (unpaired) electrons. The molecule has 0 aliphatic rings. The maximum absolute atomic E-state index is 12.5. The lowest BCUT2D eigenvalue weighted by atomic mass is 10.0. The molecule has 3 aromatic rings. The van der Waals surface area contributed by atoms with Gasteiger partial charge in [0, 0.05) is 15.6 Å². The van der Waals surface area contributed by atoms with E-state index >= 15 is 0 Å². The maximum atomic E-state index is 12.5. The van der Waals surface area contributed by atoms with Crippen molar-refractivity contribution in [2.75, 3.05) is 0 Å². The van der Waals surface area contributed by atoms with Crippen LogP contribution in [-0.2, 0) is 0 Å². The summed E-state index contributed by atoms with van der Waals surface area (Å²) in [6.07, 6.45) is 0. The van der Waals surface area contributed by atoms with Gasteiger partial charge in [-0.1, -0.05) is 65.3 Å². The smallest absolute Gasteiger partial charge is 0.251 e. The van der Waals surface area contributed by atoms with E-state index in [1.807, 2.05) is 56.3 Å². The summed E-state index contributed by atoms with van der Waals surface area (Å²) >= 11 is 3.37. The van der Waals surface area contributed by atoms with Crippen LogP contribution in [0.5, 0.6) is 0 Å². The summed E-state index contributed by atoms with van der Waals surface area (Å²) in [7, 11) is 0. The third-order valence-corrected chi connectivity index (χ3v) is 4.33. The second-order valence-corrected chi connectivity index (χ2v) is 6.94. The fraction of sp³-hybridized carbons (Fsp3) is 0.211. The zero-order chi connectivity index (χ0) is 17.8. The Morgan fingerprint density at radius 2 is 1.76 bits per heavy atom. The number of hydrogen-bond acceptors (Lipinski definition) is 4. The van der Waals surface area contributed by atoms with Gasteiger partial charge in [0.2, 0.25) is 11.7 Å². The highest BCUT2D eigenvalue weighted by molar-refractivity contribution is 9.10. The summed E-state index contributed by atoms with van der Waals surface area (Å²) in [5.41, 5.74) is 1.45. The van der Waals surface area contributed by atoms with Gasteiger partial charge in [0.1, 0.15) is 6.04 Å². The molecule has 1 amide bonds. The Morgan fingerprint density at radius 3 is 2.40 bits per heavy atom. The van der Waals surface area contributed by atoms with Crippen molar-refractivity contribution in [1.82, 2.24) is 15.5 Å². The molecule has 0 aliphatic carbocycles. The molecule has 2 aromatic carbocycles. The van der Waals surface area contributed by atoms with E-state index in [9.17, 15) is 4.79 Å². The predicted molar refractivity (Wildman–Crippen MR) is 98.9 cm³/mol. The van der Waals surface area contributed by atoms with Crippen LogP contribution in [0.2, 0.25) is 0 Å². The highest BCUT2D eigenvalue weighted by atomic mass is 79.9. The maximum Gasteiger partial charge on any atom is 0.251 e. The molecule has 5 nitrogen and oxygen atoms in total. The Labute approximate surface area is 154 Å². The minimum atomic E-state index is -0.360. The second-order valence-electron chi connectivity index (χ2n) is 6.02. The van der Waals surface area contributed by atoms with Gasteiger partial charge >= 0.3 is 0 Å². The fourth-order valence-electron chi connectivity index (χ4n) is 2.41. The summed E-state index contributed by atoms with van der Waals surface area (Å²) in [6, 6.07) is 16.4. The molecule has 1 N–H and O–H groups in total. The molecule has 0 saturated carbocycles. The molecular weight excluding hydrogens is 382 g/mol. The first-order chi connectivity index (χ1) is 12.0. The molecule has 1 aromatic heterocycles. The lowest BCUT2D eigenvalue weighted by Gasteiger charge is -2.18. The Kier molecular flexibility index (Phi) is 5.28. The van der Waals surface area contributed by atoms with E-state index < -0.39 is 0 Å². The first kappa shape index (κ1) is 17.4. The SMILES string of the molecule is CC(C)[C@@H](NC(=O)c1ccc(Br)cc1)c1nc(-c2ccccc2)no1. The highest BCUT2D eigenvalue weighted by Crippen LogP contribution is 2.24. The lowest BCUT2D eigenvalue weighted by Crippen LogP contribution is -2.32. The number of hydrogen-bond donors (Lipinski definition) is 1. The molecule has 1 atom stereocenters. The molecule has 0 unspecified atom stereocenters. The normalized spacial score (nSPS) is 12.2. The fourth-order valence-corrected chi connectivity index (χ4v) is 2.67. The molecule has 6 heteroatoms. The van der Waals surface area contributed by atoms with Crippen molar-refractivity contribution in [2.24, 2.45) is 5.92 Å². The highest BCUT2D eigenvalue weighted by Gasteiger charge is 2.25. The van der Waals surface area contributed by atoms with Gasteiger partial charge < -0.3 is 9.84 Å². The second kappa shape index (κ2) is 7.61. The number of nitrogens with one attached hydrogen (secondary N) is 1. The van der Waals surface area contributed by atoms with Gasteiger partial charge in [0.25, 0.3) is 5.91 Å². The van der Waals surface area contributed by atoms with Crippen LogP contribution in [0, 0.1) is 5.92 Å². The molecule has 1 heterocycles. The lowest BCUT2D eigenvalue weighted by molar-refractivity contribution is 0.0914. The van der Waals surface area contributed by atoms with E-state index in [-0.39, 0.29) is 17.9 Å². The van der Waals surface area contributed by atoms with E-state index in [4.69, 9.17) is 4.52 Å². The molecule has 0 spiro atoms. The van der Waals surface area contributed by atoms with Crippen molar-refractivity contribution in [3.05, 3.63) is 70.5 Å². The van der Waals surface area contributed by atoms with E-state index in [2.05, 4.69) is 31.4 Å².